The smallest absolute Gasteiger partial charge is 0.153 e. The van der Waals surface area contributed by atoms with Crippen LogP contribution in [-0.4, -0.2) is 29.8 Å². The lowest BCUT2D eigenvalue weighted by atomic mass is 10.1. The van der Waals surface area contributed by atoms with Crippen LogP contribution in [0.3, 0.4) is 0 Å². The number of nitrogens with one attached hydrogen (secondary N) is 1. The van der Waals surface area contributed by atoms with Crippen molar-refractivity contribution in [3.63, 3.8) is 0 Å². The standard InChI is InChI=1S/C13H21N3O2/c1-9(2)13-14-10(3)6-12(15-13)16-18-8-11-4-5-17-7-11/h6,9,11H,4-5,7-8H2,1-3H3,(H,14,15,16). The highest BCUT2D eigenvalue weighted by Gasteiger charge is 2.16. The summed E-state index contributed by atoms with van der Waals surface area (Å²) in [7, 11) is 0. The van der Waals surface area contributed by atoms with Crippen LogP contribution in [0, 0.1) is 12.8 Å². The van der Waals surface area contributed by atoms with Crippen molar-refractivity contribution in [2.45, 2.75) is 33.1 Å². The van der Waals surface area contributed by atoms with Crippen molar-refractivity contribution in [3.8, 4) is 0 Å². The zero-order valence-corrected chi connectivity index (χ0v) is 11.3. The number of hydrogen-bond acceptors (Lipinski definition) is 5. The Labute approximate surface area is 108 Å². The van der Waals surface area contributed by atoms with E-state index in [0.717, 1.165) is 37.0 Å². The molecule has 0 aromatic carbocycles. The predicted molar refractivity (Wildman–Crippen MR) is 69.4 cm³/mol. The van der Waals surface area contributed by atoms with Gasteiger partial charge in [-0.05, 0) is 13.3 Å². The van der Waals surface area contributed by atoms with Crippen LogP contribution < -0.4 is 5.48 Å². The maximum absolute atomic E-state index is 5.47. The topological polar surface area (TPSA) is 56.3 Å². The molecule has 5 nitrogen and oxygen atoms in total. The minimum Gasteiger partial charge on any atom is -0.381 e. The molecule has 1 aliphatic rings. The third-order valence-corrected chi connectivity index (χ3v) is 2.91. The molecule has 1 atom stereocenters. The van der Waals surface area contributed by atoms with Gasteiger partial charge in [0.15, 0.2) is 5.82 Å². The van der Waals surface area contributed by atoms with Crippen molar-refractivity contribution in [1.29, 1.82) is 0 Å². The summed E-state index contributed by atoms with van der Waals surface area (Å²) < 4.78 is 5.30. The molecule has 1 aliphatic heterocycles. The predicted octanol–water partition coefficient (Wildman–Crippen LogP) is 2.29. The molecule has 0 spiro atoms. The van der Waals surface area contributed by atoms with Gasteiger partial charge in [-0.3, -0.25) is 4.84 Å². The number of aryl methyl sites for hydroxylation is 1. The van der Waals surface area contributed by atoms with E-state index in [1.165, 1.54) is 0 Å². The summed E-state index contributed by atoms with van der Waals surface area (Å²) in [5.41, 5.74) is 3.85. The van der Waals surface area contributed by atoms with Crippen molar-refractivity contribution in [2.75, 3.05) is 25.3 Å². The molecular formula is C13H21N3O2. The molecule has 2 rings (SSSR count). The van der Waals surface area contributed by atoms with E-state index < -0.39 is 0 Å². The molecule has 5 heteroatoms. The summed E-state index contributed by atoms with van der Waals surface area (Å²) >= 11 is 0. The third kappa shape index (κ3) is 3.65. The maximum atomic E-state index is 5.47. The maximum Gasteiger partial charge on any atom is 0.153 e. The van der Waals surface area contributed by atoms with E-state index in [0.29, 0.717) is 18.4 Å². The fourth-order valence-corrected chi connectivity index (χ4v) is 1.85. The average Bonchev–Trinajstić information content (AvgIpc) is 2.81. The van der Waals surface area contributed by atoms with Gasteiger partial charge >= 0.3 is 0 Å². The fraction of sp³-hybridized carbons (Fsp3) is 0.692. The van der Waals surface area contributed by atoms with Gasteiger partial charge in [-0.25, -0.2) is 15.4 Å². The van der Waals surface area contributed by atoms with Gasteiger partial charge in [0.25, 0.3) is 0 Å². The molecule has 1 N–H and O–H groups in total. The Balaban J connectivity index is 1.88. The lowest BCUT2D eigenvalue weighted by Gasteiger charge is -2.12. The van der Waals surface area contributed by atoms with Crippen LogP contribution in [0.2, 0.25) is 0 Å². The van der Waals surface area contributed by atoms with E-state index >= 15 is 0 Å². The first-order valence-electron chi connectivity index (χ1n) is 6.46. The fourth-order valence-electron chi connectivity index (χ4n) is 1.85. The molecular weight excluding hydrogens is 230 g/mol. The summed E-state index contributed by atoms with van der Waals surface area (Å²) in [4.78, 5) is 14.3. The highest BCUT2D eigenvalue weighted by atomic mass is 16.6. The van der Waals surface area contributed by atoms with Crippen LogP contribution >= 0.6 is 0 Å². The molecule has 0 radical (unpaired) electrons. The Morgan fingerprint density at radius 2 is 2.33 bits per heavy atom. The van der Waals surface area contributed by atoms with Gasteiger partial charge in [0.05, 0.1) is 13.2 Å². The number of rotatable bonds is 5. The van der Waals surface area contributed by atoms with Crippen molar-refractivity contribution in [3.05, 3.63) is 17.6 Å². The van der Waals surface area contributed by atoms with E-state index in [9.17, 15) is 0 Å². The molecule has 18 heavy (non-hydrogen) atoms. The summed E-state index contributed by atoms with van der Waals surface area (Å²) in [6.07, 6.45) is 1.07. The van der Waals surface area contributed by atoms with Gasteiger partial charge in [0.1, 0.15) is 5.82 Å². The minimum absolute atomic E-state index is 0.314. The Morgan fingerprint density at radius 3 is 3.00 bits per heavy atom. The SMILES string of the molecule is Cc1cc(NOCC2CCOC2)nc(C(C)C)n1. The number of anilines is 1. The molecule has 2 heterocycles. The Morgan fingerprint density at radius 1 is 1.50 bits per heavy atom. The lowest BCUT2D eigenvalue weighted by molar-refractivity contribution is 0.126. The second-order valence-electron chi connectivity index (χ2n) is 5.05. The van der Waals surface area contributed by atoms with E-state index in [4.69, 9.17) is 9.57 Å². The minimum atomic E-state index is 0.314. The monoisotopic (exact) mass is 251 g/mol. The first kappa shape index (κ1) is 13.2. The van der Waals surface area contributed by atoms with Gasteiger partial charge in [0.2, 0.25) is 0 Å². The van der Waals surface area contributed by atoms with E-state index in [1.54, 1.807) is 0 Å². The molecule has 1 aromatic heterocycles. The average molecular weight is 251 g/mol. The Bertz CT molecular complexity index is 390. The number of hydrogen-bond donors (Lipinski definition) is 1. The summed E-state index contributed by atoms with van der Waals surface area (Å²) in [6, 6.07) is 1.89. The van der Waals surface area contributed by atoms with E-state index in [2.05, 4.69) is 29.3 Å². The first-order chi connectivity index (χ1) is 8.65. The number of aromatic nitrogens is 2. The van der Waals surface area contributed by atoms with E-state index in [1.807, 2.05) is 13.0 Å². The quantitative estimate of drug-likeness (QED) is 0.814. The molecule has 1 aromatic rings. The first-order valence-corrected chi connectivity index (χ1v) is 6.46. The van der Waals surface area contributed by atoms with Crippen molar-refractivity contribution < 1.29 is 9.57 Å². The zero-order valence-electron chi connectivity index (χ0n) is 11.3. The van der Waals surface area contributed by atoms with Crippen LogP contribution in [0.15, 0.2) is 6.07 Å². The molecule has 0 aliphatic carbocycles. The molecule has 100 valence electrons. The molecule has 0 saturated carbocycles. The number of ether oxygens (including phenoxy) is 1. The summed E-state index contributed by atoms with van der Waals surface area (Å²) in [5.74, 6) is 2.37. The van der Waals surface area contributed by atoms with Crippen molar-refractivity contribution >= 4 is 5.82 Å². The molecule has 0 bridgehead atoms. The van der Waals surface area contributed by atoms with Gasteiger partial charge in [-0.15, -0.1) is 0 Å². The van der Waals surface area contributed by atoms with Crippen LogP contribution in [0.25, 0.3) is 0 Å². The van der Waals surface area contributed by atoms with Gasteiger partial charge in [-0.2, -0.15) is 0 Å². The van der Waals surface area contributed by atoms with Gasteiger partial charge < -0.3 is 4.74 Å². The van der Waals surface area contributed by atoms with Crippen molar-refractivity contribution in [1.82, 2.24) is 9.97 Å². The zero-order chi connectivity index (χ0) is 13.0. The number of nitrogens with zero attached hydrogens (tertiary/aromatic N) is 2. The summed E-state index contributed by atoms with van der Waals surface area (Å²) in [6.45, 7) is 8.41. The van der Waals surface area contributed by atoms with Crippen LogP contribution in [-0.2, 0) is 9.57 Å². The third-order valence-electron chi connectivity index (χ3n) is 2.91. The molecule has 1 fully saturated rings. The lowest BCUT2D eigenvalue weighted by Crippen LogP contribution is -2.14. The molecule has 1 saturated heterocycles. The summed E-state index contributed by atoms with van der Waals surface area (Å²) in [5, 5.41) is 0. The highest BCUT2D eigenvalue weighted by Crippen LogP contribution is 2.15. The normalized spacial score (nSPS) is 19.4. The van der Waals surface area contributed by atoms with Crippen LogP contribution in [0.4, 0.5) is 5.82 Å². The second kappa shape index (κ2) is 6.11. The van der Waals surface area contributed by atoms with Gasteiger partial charge in [0, 0.05) is 30.2 Å². The van der Waals surface area contributed by atoms with Crippen molar-refractivity contribution in [2.24, 2.45) is 5.92 Å². The molecule has 1 unspecified atom stereocenters. The second-order valence-corrected chi connectivity index (χ2v) is 5.05. The van der Waals surface area contributed by atoms with Gasteiger partial charge in [-0.1, -0.05) is 13.8 Å². The van der Waals surface area contributed by atoms with Crippen LogP contribution in [0.1, 0.15) is 37.7 Å². The highest BCUT2D eigenvalue weighted by molar-refractivity contribution is 5.33. The Kier molecular flexibility index (Phi) is 4.49. The largest absolute Gasteiger partial charge is 0.381 e. The Hall–Kier alpha value is -1.20. The van der Waals surface area contributed by atoms with Crippen LogP contribution in [0.5, 0.6) is 0 Å². The van der Waals surface area contributed by atoms with E-state index in [-0.39, 0.29) is 0 Å². The molecule has 0 amide bonds.